The van der Waals surface area contributed by atoms with Gasteiger partial charge >= 0.3 is 0 Å². The van der Waals surface area contributed by atoms with Gasteiger partial charge in [-0.1, -0.05) is 29.8 Å². The van der Waals surface area contributed by atoms with Crippen LogP contribution in [0.5, 0.6) is 5.75 Å². The molecule has 2 amide bonds. The van der Waals surface area contributed by atoms with Crippen molar-refractivity contribution >= 4 is 23.6 Å². The Labute approximate surface area is 182 Å². The molecule has 2 aromatic carbocycles. The van der Waals surface area contributed by atoms with Gasteiger partial charge in [0.25, 0.3) is 5.91 Å². The quantitative estimate of drug-likeness (QED) is 0.750. The second-order valence-corrected chi connectivity index (χ2v) is 9.48. The van der Waals surface area contributed by atoms with E-state index in [4.69, 9.17) is 4.74 Å². The van der Waals surface area contributed by atoms with E-state index in [1.54, 1.807) is 7.11 Å². The SMILES string of the molecule is COc1ccc(CC(=O)N2CCC3(CC2)SCCN3C(=O)c2cccc(C)c2)cc1. The third-order valence-corrected chi connectivity index (χ3v) is 7.65. The lowest BCUT2D eigenvalue weighted by Gasteiger charge is -2.44. The number of benzene rings is 2. The predicted molar refractivity (Wildman–Crippen MR) is 120 cm³/mol. The number of rotatable bonds is 4. The zero-order valence-electron chi connectivity index (χ0n) is 17.6. The van der Waals surface area contributed by atoms with Crippen LogP contribution in [0.3, 0.4) is 0 Å². The van der Waals surface area contributed by atoms with Crippen molar-refractivity contribution in [2.75, 3.05) is 32.5 Å². The van der Waals surface area contributed by atoms with E-state index in [0.717, 1.165) is 47.6 Å². The van der Waals surface area contributed by atoms with Crippen molar-refractivity contribution in [2.24, 2.45) is 0 Å². The average Bonchev–Trinajstić information content (AvgIpc) is 3.17. The van der Waals surface area contributed by atoms with Gasteiger partial charge in [0.2, 0.25) is 5.91 Å². The first-order chi connectivity index (χ1) is 14.5. The molecule has 1 spiro atoms. The Morgan fingerprint density at radius 1 is 1.07 bits per heavy atom. The fourth-order valence-electron chi connectivity index (χ4n) is 4.38. The van der Waals surface area contributed by atoms with E-state index < -0.39 is 0 Å². The number of carbonyl (C=O) groups is 2. The van der Waals surface area contributed by atoms with Crippen molar-refractivity contribution in [3.8, 4) is 5.75 Å². The van der Waals surface area contributed by atoms with E-state index >= 15 is 0 Å². The first kappa shape index (κ1) is 20.8. The summed E-state index contributed by atoms with van der Waals surface area (Å²) >= 11 is 1.88. The minimum absolute atomic E-state index is 0.113. The Hall–Kier alpha value is -2.47. The molecule has 2 saturated heterocycles. The van der Waals surface area contributed by atoms with Crippen LogP contribution < -0.4 is 4.74 Å². The zero-order chi connectivity index (χ0) is 21.1. The molecule has 0 unspecified atom stereocenters. The van der Waals surface area contributed by atoms with E-state index in [1.165, 1.54) is 0 Å². The summed E-state index contributed by atoms with van der Waals surface area (Å²) < 4.78 is 5.18. The fourth-order valence-corrected chi connectivity index (χ4v) is 5.83. The molecular weight excluding hydrogens is 396 g/mol. The number of ether oxygens (including phenoxy) is 1. The number of piperidine rings is 1. The molecule has 158 valence electrons. The highest BCUT2D eigenvalue weighted by atomic mass is 32.2. The Morgan fingerprint density at radius 3 is 2.47 bits per heavy atom. The van der Waals surface area contributed by atoms with Crippen molar-refractivity contribution in [1.29, 1.82) is 0 Å². The highest BCUT2D eigenvalue weighted by Gasteiger charge is 2.47. The number of hydrogen-bond acceptors (Lipinski definition) is 4. The predicted octanol–water partition coefficient (Wildman–Crippen LogP) is 3.75. The van der Waals surface area contributed by atoms with Crippen LogP contribution in [0.4, 0.5) is 0 Å². The number of amides is 2. The van der Waals surface area contributed by atoms with Crippen LogP contribution in [0, 0.1) is 6.92 Å². The summed E-state index contributed by atoms with van der Waals surface area (Å²) in [4.78, 5) is 29.8. The van der Waals surface area contributed by atoms with E-state index in [0.29, 0.717) is 19.5 Å². The summed E-state index contributed by atoms with van der Waals surface area (Å²) in [5.41, 5.74) is 2.85. The van der Waals surface area contributed by atoms with Gasteiger partial charge < -0.3 is 14.5 Å². The van der Waals surface area contributed by atoms with Gasteiger partial charge in [0.15, 0.2) is 0 Å². The van der Waals surface area contributed by atoms with Gasteiger partial charge in [-0.2, -0.15) is 0 Å². The van der Waals surface area contributed by atoms with Crippen molar-refractivity contribution in [3.63, 3.8) is 0 Å². The lowest BCUT2D eigenvalue weighted by atomic mass is 9.99. The zero-order valence-corrected chi connectivity index (χ0v) is 18.4. The molecule has 2 heterocycles. The van der Waals surface area contributed by atoms with Crippen molar-refractivity contribution in [2.45, 2.75) is 31.1 Å². The maximum absolute atomic E-state index is 13.2. The topological polar surface area (TPSA) is 49.9 Å². The Kier molecular flexibility index (Phi) is 6.04. The largest absolute Gasteiger partial charge is 0.497 e. The number of hydrogen-bond donors (Lipinski definition) is 0. The molecule has 2 aromatic rings. The van der Waals surface area contributed by atoms with E-state index in [-0.39, 0.29) is 16.7 Å². The summed E-state index contributed by atoms with van der Waals surface area (Å²) in [7, 11) is 1.64. The second kappa shape index (κ2) is 8.72. The average molecular weight is 425 g/mol. The lowest BCUT2D eigenvalue weighted by molar-refractivity contribution is -0.132. The summed E-state index contributed by atoms with van der Waals surface area (Å²) in [5, 5.41) is 0. The molecule has 0 radical (unpaired) electrons. The first-order valence-corrected chi connectivity index (χ1v) is 11.4. The van der Waals surface area contributed by atoms with Crippen LogP contribution in [0.2, 0.25) is 0 Å². The number of likely N-dealkylation sites (tertiary alicyclic amines) is 1. The first-order valence-electron chi connectivity index (χ1n) is 10.4. The maximum Gasteiger partial charge on any atom is 0.255 e. The van der Waals surface area contributed by atoms with Crippen molar-refractivity contribution in [3.05, 3.63) is 65.2 Å². The standard InChI is InChI=1S/C24H28N2O3S/c1-18-4-3-5-20(16-18)23(28)26-14-15-30-24(26)10-12-25(13-11-24)22(27)17-19-6-8-21(29-2)9-7-19/h3-9,16H,10-15,17H2,1-2H3. The number of aryl methyl sites for hydroxylation is 1. The minimum Gasteiger partial charge on any atom is -0.497 e. The van der Waals surface area contributed by atoms with Gasteiger partial charge in [-0.3, -0.25) is 9.59 Å². The lowest BCUT2D eigenvalue weighted by Crippen LogP contribution is -2.53. The van der Waals surface area contributed by atoms with Gasteiger partial charge in [0.05, 0.1) is 18.4 Å². The van der Waals surface area contributed by atoms with Crippen LogP contribution in [-0.4, -0.2) is 59.0 Å². The number of carbonyl (C=O) groups excluding carboxylic acids is 2. The highest BCUT2D eigenvalue weighted by molar-refractivity contribution is 8.00. The van der Waals surface area contributed by atoms with Crippen molar-refractivity contribution < 1.29 is 14.3 Å². The van der Waals surface area contributed by atoms with Gasteiger partial charge in [0, 0.05) is 31.0 Å². The molecule has 0 aromatic heterocycles. The highest BCUT2D eigenvalue weighted by Crippen LogP contribution is 2.44. The Bertz CT molecular complexity index is 920. The normalized spacial score (nSPS) is 17.9. The van der Waals surface area contributed by atoms with Gasteiger partial charge in [-0.15, -0.1) is 11.8 Å². The van der Waals surface area contributed by atoms with Gasteiger partial charge in [-0.05, 0) is 49.6 Å². The molecule has 2 fully saturated rings. The Balaban J connectivity index is 1.39. The summed E-state index contributed by atoms with van der Waals surface area (Å²) in [6.45, 7) is 4.18. The smallest absolute Gasteiger partial charge is 0.255 e. The Morgan fingerprint density at radius 2 is 1.80 bits per heavy atom. The molecule has 0 bridgehead atoms. The molecule has 5 nitrogen and oxygen atoms in total. The maximum atomic E-state index is 13.2. The monoisotopic (exact) mass is 424 g/mol. The van der Waals surface area contributed by atoms with Gasteiger partial charge in [-0.25, -0.2) is 0 Å². The molecule has 4 rings (SSSR count). The van der Waals surface area contributed by atoms with Gasteiger partial charge in [0.1, 0.15) is 5.75 Å². The molecule has 0 aliphatic carbocycles. The third kappa shape index (κ3) is 4.19. The third-order valence-electron chi connectivity index (χ3n) is 6.10. The van der Waals surface area contributed by atoms with Crippen molar-refractivity contribution in [1.82, 2.24) is 9.80 Å². The van der Waals surface area contributed by atoms with Crippen LogP contribution in [0.1, 0.15) is 34.3 Å². The molecular formula is C24H28N2O3S. The molecule has 30 heavy (non-hydrogen) atoms. The van der Waals surface area contributed by atoms with Crippen LogP contribution in [0.25, 0.3) is 0 Å². The summed E-state index contributed by atoms with van der Waals surface area (Å²) in [5.74, 6) is 2.01. The summed E-state index contributed by atoms with van der Waals surface area (Å²) in [6, 6.07) is 15.5. The summed E-state index contributed by atoms with van der Waals surface area (Å²) in [6.07, 6.45) is 2.04. The van der Waals surface area contributed by atoms with E-state index in [9.17, 15) is 9.59 Å². The van der Waals surface area contributed by atoms with Crippen LogP contribution >= 0.6 is 11.8 Å². The molecule has 2 aliphatic rings. The van der Waals surface area contributed by atoms with Crippen LogP contribution in [-0.2, 0) is 11.2 Å². The van der Waals surface area contributed by atoms with Crippen LogP contribution in [0.15, 0.2) is 48.5 Å². The van der Waals surface area contributed by atoms with E-state index in [2.05, 4.69) is 4.90 Å². The number of thioether (sulfide) groups is 1. The molecule has 0 saturated carbocycles. The molecule has 0 atom stereocenters. The second-order valence-electron chi connectivity index (χ2n) is 8.03. The minimum atomic E-state index is -0.183. The molecule has 0 N–H and O–H groups in total. The van der Waals surface area contributed by atoms with E-state index in [1.807, 2.05) is 72.1 Å². The molecule has 6 heteroatoms. The number of methoxy groups -OCH3 is 1. The molecule has 2 aliphatic heterocycles. The fraction of sp³-hybridized carbons (Fsp3) is 0.417. The number of nitrogens with zero attached hydrogens (tertiary/aromatic N) is 2.